The third-order valence-electron chi connectivity index (χ3n) is 3.05. The van der Waals surface area contributed by atoms with Crippen LogP contribution in [0.25, 0.3) is 0 Å². The van der Waals surface area contributed by atoms with Crippen LogP contribution < -0.4 is 5.32 Å². The van der Waals surface area contributed by atoms with Crippen molar-refractivity contribution in [1.29, 1.82) is 0 Å². The summed E-state index contributed by atoms with van der Waals surface area (Å²) in [4.78, 5) is 25.4. The minimum absolute atomic E-state index is 0.145. The van der Waals surface area contributed by atoms with Crippen molar-refractivity contribution in [3.05, 3.63) is 60.8 Å². The molecule has 4 heteroatoms. The Bertz CT molecular complexity index is 522. The molecule has 4 nitrogen and oxygen atoms in total. The van der Waals surface area contributed by atoms with Crippen LogP contribution in [0.2, 0.25) is 0 Å². The third-order valence-corrected chi connectivity index (χ3v) is 3.05. The molecule has 0 saturated carbocycles. The molecule has 0 aromatic heterocycles. The van der Waals surface area contributed by atoms with E-state index in [2.05, 4.69) is 18.5 Å². The van der Waals surface area contributed by atoms with Gasteiger partial charge in [-0.2, -0.15) is 0 Å². The SMILES string of the molecule is C=CCN1C(=C)C(=O)NC(Cc2ccccc2)C1=O. The Kier molecular flexibility index (Phi) is 3.80. The number of amides is 2. The summed E-state index contributed by atoms with van der Waals surface area (Å²) in [6.45, 7) is 7.53. The third kappa shape index (κ3) is 2.73. The fraction of sp³-hybridized carbons (Fsp3) is 0.200. The Morgan fingerprint density at radius 3 is 2.58 bits per heavy atom. The van der Waals surface area contributed by atoms with Crippen molar-refractivity contribution >= 4 is 11.8 Å². The van der Waals surface area contributed by atoms with Crippen LogP contribution in [-0.2, 0) is 16.0 Å². The Morgan fingerprint density at radius 2 is 1.95 bits per heavy atom. The van der Waals surface area contributed by atoms with Gasteiger partial charge in [0.05, 0.1) is 0 Å². The van der Waals surface area contributed by atoms with Gasteiger partial charge in [0.2, 0.25) is 5.91 Å². The van der Waals surface area contributed by atoms with Crippen LogP contribution in [0.3, 0.4) is 0 Å². The van der Waals surface area contributed by atoms with Gasteiger partial charge in [-0.05, 0) is 5.56 Å². The molecule has 1 aromatic carbocycles. The first kappa shape index (κ1) is 13.1. The van der Waals surface area contributed by atoms with E-state index in [0.717, 1.165) is 5.56 Å². The highest BCUT2D eigenvalue weighted by molar-refractivity contribution is 6.04. The summed E-state index contributed by atoms with van der Waals surface area (Å²) in [6, 6.07) is 9.05. The minimum atomic E-state index is -0.541. The van der Waals surface area contributed by atoms with Gasteiger partial charge >= 0.3 is 0 Å². The predicted octanol–water partition coefficient (Wildman–Crippen LogP) is 1.26. The van der Waals surface area contributed by atoms with Crippen LogP contribution in [0.1, 0.15) is 5.56 Å². The van der Waals surface area contributed by atoms with Crippen molar-refractivity contribution in [2.45, 2.75) is 12.5 Å². The standard InChI is InChI=1S/C15H16N2O2/c1-3-9-17-11(2)14(18)16-13(15(17)19)10-12-7-5-4-6-8-12/h3-8,13H,1-2,9-10H2,(H,16,18). The lowest BCUT2D eigenvalue weighted by Gasteiger charge is -2.33. The van der Waals surface area contributed by atoms with E-state index in [1.165, 1.54) is 4.90 Å². The molecule has 1 aromatic rings. The summed E-state index contributed by atoms with van der Waals surface area (Å²) >= 11 is 0. The van der Waals surface area contributed by atoms with E-state index >= 15 is 0 Å². The molecule has 1 aliphatic rings. The molecular formula is C15H16N2O2. The molecule has 2 amide bonds. The van der Waals surface area contributed by atoms with Crippen LogP contribution in [0.15, 0.2) is 55.3 Å². The van der Waals surface area contributed by atoms with Gasteiger partial charge in [-0.15, -0.1) is 6.58 Å². The molecule has 0 aliphatic carbocycles. The maximum atomic E-state index is 12.3. The van der Waals surface area contributed by atoms with Gasteiger partial charge in [-0.3, -0.25) is 9.59 Å². The van der Waals surface area contributed by atoms with Gasteiger partial charge in [0.25, 0.3) is 5.91 Å². The minimum Gasteiger partial charge on any atom is -0.339 e. The lowest BCUT2D eigenvalue weighted by molar-refractivity contribution is -0.139. The Labute approximate surface area is 112 Å². The molecule has 2 rings (SSSR count). The second-order valence-electron chi connectivity index (χ2n) is 4.40. The van der Waals surface area contributed by atoms with Crippen molar-refractivity contribution < 1.29 is 9.59 Å². The van der Waals surface area contributed by atoms with Gasteiger partial charge in [-0.1, -0.05) is 43.0 Å². The highest BCUT2D eigenvalue weighted by Gasteiger charge is 2.34. The summed E-state index contributed by atoms with van der Waals surface area (Å²) < 4.78 is 0. The Morgan fingerprint density at radius 1 is 1.26 bits per heavy atom. The molecule has 98 valence electrons. The van der Waals surface area contributed by atoms with Crippen LogP contribution >= 0.6 is 0 Å². The zero-order valence-electron chi connectivity index (χ0n) is 10.6. The van der Waals surface area contributed by atoms with E-state index in [-0.39, 0.29) is 17.5 Å². The fourth-order valence-corrected chi connectivity index (χ4v) is 2.06. The maximum Gasteiger partial charge on any atom is 0.268 e. The molecule has 1 saturated heterocycles. The Hall–Kier alpha value is -2.36. The number of nitrogens with zero attached hydrogens (tertiary/aromatic N) is 1. The number of benzene rings is 1. The number of rotatable bonds is 4. The summed E-state index contributed by atoms with van der Waals surface area (Å²) in [5.41, 5.74) is 1.18. The zero-order chi connectivity index (χ0) is 13.8. The highest BCUT2D eigenvalue weighted by Crippen LogP contribution is 2.15. The second kappa shape index (κ2) is 5.52. The van der Waals surface area contributed by atoms with E-state index in [1.807, 2.05) is 30.3 Å². The van der Waals surface area contributed by atoms with Crippen molar-refractivity contribution in [2.24, 2.45) is 0 Å². The van der Waals surface area contributed by atoms with Crippen LogP contribution in [-0.4, -0.2) is 29.3 Å². The lowest BCUT2D eigenvalue weighted by atomic mass is 10.0. The fourth-order valence-electron chi connectivity index (χ4n) is 2.06. The molecule has 0 spiro atoms. The molecule has 1 unspecified atom stereocenters. The number of carbonyl (C=O) groups is 2. The molecule has 1 fully saturated rings. The molecular weight excluding hydrogens is 240 g/mol. The number of hydrogen-bond donors (Lipinski definition) is 1. The van der Waals surface area contributed by atoms with Gasteiger partial charge in [0.1, 0.15) is 11.7 Å². The zero-order valence-corrected chi connectivity index (χ0v) is 10.6. The lowest BCUT2D eigenvalue weighted by Crippen LogP contribution is -2.57. The smallest absolute Gasteiger partial charge is 0.268 e. The number of hydrogen-bond acceptors (Lipinski definition) is 2. The van der Waals surface area contributed by atoms with Crippen molar-refractivity contribution in [3.8, 4) is 0 Å². The molecule has 0 bridgehead atoms. The maximum absolute atomic E-state index is 12.3. The second-order valence-corrected chi connectivity index (χ2v) is 4.40. The highest BCUT2D eigenvalue weighted by atomic mass is 16.2. The number of nitrogens with one attached hydrogen (secondary N) is 1. The summed E-state index contributed by atoms with van der Waals surface area (Å²) in [7, 11) is 0. The number of carbonyl (C=O) groups excluding carboxylic acids is 2. The van der Waals surface area contributed by atoms with Crippen molar-refractivity contribution in [3.63, 3.8) is 0 Å². The summed E-state index contributed by atoms with van der Waals surface area (Å²) in [5.74, 6) is -0.448. The Balaban J connectivity index is 2.17. The van der Waals surface area contributed by atoms with Gasteiger partial charge in [0, 0.05) is 13.0 Å². The first-order valence-electron chi connectivity index (χ1n) is 6.09. The molecule has 1 N–H and O–H groups in total. The predicted molar refractivity (Wildman–Crippen MR) is 73.1 cm³/mol. The van der Waals surface area contributed by atoms with Crippen molar-refractivity contribution in [2.75, 3.05) is 6.54 Å². The van der Waals surface area contributed by atoms with Crippen LogP contribution in [0.5, 0.6) is 0 Å². The summed E-state index contributed by atoms with van der Waals surface area (Å²) in [6.07, 6.45) is 2.06. The topological polar surface area (TPSA) is 49.4 Å². The van der Waals surface area contributed by atoms with Gasteiger partial charge < -0.3 is 10.2 Å². The summed E-state index contributed by atoms with van der Waals surface area (Å²) in [5, 5.41) is 2.69. The quantitative estimate of drug-likeness (QED) is 0.651. The molecule has 1 atom stereocenters. The van der Waals surface area contributed by atoms with Gasteiger partial charge in [-0.25, -0.2) is 0 Å². The average Bonchev–Trinajstić information content (AvgIpc) is 2.42. The van der Waals surface area contributed by atoms with E-state index in [4.69, 9.17) is 0 Å². The first-order valence-corrected chi connectivity index (χ1v) is 6.09. The van der Waals surface area contributed by atoms with E-state index in [1.54, 1.807) is 6.08 Å². The molecule has 1 heterocycles. The monoisotopic (exact) mass is 256 g/mol. The van der Waals surface area contributed by atoms with Crippen molar-refractivity contribution in [1.82, 2.24) is 10.2 Å². The van der Waals surface area contributed by atoms with Crippen LogP contribution in [0.4, 0.5) is 0 Å². The van der Waals surface area contributed by atoms with E-state index < -0.39 is 6.04 Å². The number of piperazine rings is 1. The molecule has 19 heavy (non-hydrogen) atoms. The van der Waals surface area contributed by atoms with E-state index in [9.17, 15) is 9.59 Å². The average molecular weight is 256 g/mol. The van der Waals surface area contributed by atoms with Gasteiger partial charge in [0.15, 0.2) is 0 Å². The largest absolute Gasteiger partial charge is 0.339 e. The molecule has 0 radical (unpaired) electrons. The van der Waals surface area contributed by atoms with E-state index in [0.29, 0.717) is 13.0 Å². The van der Waals surface area contributed by atoms with Crippen LogP contribution in [0, 0.1) is 0 Å². The first-order chi connectivity index (χ1) is 9.13. The molecule has 1 aliphatic heterocycles. The normalized spacial score (nSPS) is 19.3.